The first-order chi connectivity index (χ1) is 19.2. The number of carbonyl (C=O) groups excluding carboxylic acids is 2. The Morgan fingerprint density at radius 1 is 0.975 bits per heavy atom. The van der Waals surface area contributed by atoms with E-state index in [0.29, 0.717) is 45.0 Å². The number of hydrogen-bond acceptors (Lipinski definition) is 8. The fraction of sp³-hybridized carbons (Fsp3) is 0.360. The molecule has 2 amide bonds. The molecule has 2 aliphatic heterocycles. The van der Waals surface area contributed by atoms with Crippen LogP contribution in [-0.4, -0.2) is 85.2 Å². The minimum atomic E-state index is -3.73. The summed E-state index contributed by atoms with van der Waals surface area (Å²) in [6.07, 6.45) is 3.52. The highest BCUT2D eigenvalue weighted by atomic mass is 35.5. The van der Waals surface area contributed by atoms with Gasteiger partial charge in [-0.15, -0.1) is 0 Å². The topological polar surface area (TPSA) is 150 Å². The van der Waals surface area contributed by atoms with Crippen LogP contribution in [0.15, 0.2) is 47.6 Å². The van der Waals surface area contributed by atoms with Gasteiger partial charge in [-0.25, -0.2) is 13.4 Å². The molecule has 2 saturated heterocycles. The van der Waals surface area contributed by atoms with Gasteiger partial charge in [0.25, 0.3) is 11.8 Å². The first-order valence-corrected chi connectivity index (χ1v) is 14.8. The number of hydrogen-bond donors (Lipinski definition) is 3. The van der Waals surface area contributed by atoms with Crippen LogP contribution in [0, 0.1) is 0 Å². The summed E-state index contributed by atoms with van der Waals surface area (Å²) in [5, 5.41) is 12.3. The molecule has 0 unspecified atom stereocenters. The fourth-order valence-corrected chi connectivity index (χ4v) is 6.59. The molecule has 40 heavy (non-hydrogen) atoms. The maximum atomic E-state index is 13.2. The van der Waals surface area contributed by atoms with Gasteiger partial charge < -0.3 is 20.3 Å². The minimum absolute atomic E-state index is 0.0537. The molecule has 2 aromatic heterocycles. The summed E-state index contributed by atoms with van der Waals surface area (Å²) >= 11 is 12.2. The molecule has 4 heterocycles. The van der Waals surface area contributed by atoms with Gasteiger partial charge in [0.05, 0.1) is 40.7 Å². The quantitative estimate of drug-likeness (QED) is 0.371. The number of piperidine rings is 1. The van der Waals surface area contributed by atoms with E-state index < -0.39 is 21.8 Å². The zero-order chi connectivity index (χ0) is 28.3. The summed E-state index contributed by atoms with van der Waals surface area (Å²) in [6, 6.07) is 7.71. The predicted molar refractivity (Wildman–Crippen MR) is 150 cm³/mol. The van der Waals surface area contributed by atoms with E-state index in [0.717, 1.165) is 0 Å². The number of ether oxygens (including phenoxy) is 1. The number of aromatic amines is 1. The first-order valence-electron chi connectivity index (χ1n) is 12.6. The van der Waals surface area contributed by atoms with Gasteiger partial charge >= 0.3 is 0 Å². The van der Waals surface area contributed by atoms with Crippen molar-refractivity contribution in [2.24, 2.45) is 0 Å². The number of rotatable bonds is 7. The van der Waals surface area contributed by atoms with Crippen LogP contribution < -0.4 is 15.5 Å². The zero-order valence-electron chi connectivity index (χ0n) is 21.3. The lowest BCUT2D eigenvalue weighted by Crippen LogP contribution is -2.46. The monoisotopic (exact) mass is 607 g/mol. The minimum Gasteiger partial charge on any atom is -0.378 e. The van der Waals surface area contributed by atoms with Crippen LogP contribution in [0.5, 0.6) is 0 Å². The third kappa shape index (κ3) is 6.08. The van der Waals surface area contributed by atoms with E-state index in [9.17, 15) is 18.0 Å². The number of anilines is 2. The normalized spacial score (nSPS) is 17.0. The van der Waals surface area contributed by atoms with Crippen LogP contribution in [0.25, 0.3) is 0 Å². The van der Waals surface area contributed by atoms with Crippen molar-refractivity contribution in [2.45, 2.75) is 23.8 Å². The number of H-pyrrole nitrogens is 1. The fourth-order valence-electron chi connectivity index (χ4n) is 4.61. The molecule has 15 heteroatoms. The van der Waals surface area contributed by atoms with Gasteiger partial charge in [-0.1, -0.05) is 29.3 Å². The van der Waals surface area contributed by atoms with Gasteiger partial charge in [0, 0.05) is 38.4 Å². The van der Waals surface area contributed by atoms with E-state index >= 15 is 0 Å². The molecule has 0 bridgehead atoms. The molecule has 2 fully saturated rings. The van der Waals surface area contributed by atoms with Gasteiger partial charge in [0.15, 0.2) is 0 Å². The average Bonchev–Trinajstić information content (AvgIpc) is 3.42. The molecule has 212 valence electrons. The molecular weight excluding hydrogens is 581 g/mol. The number of halogens is 2. The summed E-state index contributed by atoms with van der Waals surface area (Å²) in [6.45, 7) is 3.11. The van der Waals surface area contributed by atoms with Crippen molar-refractivity contribution in [3.63, 3.8) is 0 Å². The van der Waals surface area contributed by atoms with E-state index in [2.05, 4.69) is 30.7 Å². The Morgan fingerprint density at radius 2 is 1.68 bits per heavy atom. The van der Waals surface area contributed by atoms with Crippen LogP contribution in [0.1, 0.15) is 33.7 Å². The summed E-state index contributed by atoms with van der Waals surface area (Å²) in [7, 11) is -3.73. The molecule has 3 N–H and O–H groups in total. The highest BCUT2D eigenvalue weighted by Gasteiger charge is 2.31. The van der Waals surface area contributed by atoms with Gasteiger partial charge in [0.2, 0.25) is 10.0 Å². The number of nitrogens with zero attached hydrogens (tertiary/aromatic N) is 4. The lowest BCUT2D eigenvalue weighted by Gasteiger charge is -2.31. The van der Waals surface area contributed by atoms with Crippen molar-refractivity contribution in [2.75, 3.05) is 49.6 Å². The Hall–Kier alpha value is -3.23. The Balaban J connectivity index is 1.17. The second-order valence-corrected chi connectivity index (χ2v) is 12.1. The van der Waals surface area contributed by atoms with Crippen molar-refractivity contribution in [1.29, 1.82) is 0 Å². The lowest BCUT2D eigenvalue weighted by molar-refractivity contribution is 0.0919. The highest BCUT2D eigenvalue weighted by molar-refractivity contribution is 7.89. The standard InChI is InChI=1S/C25H27Cl2N7O5S/c26-18-2-1-3-19(27)22(18)24(35)31-20-15-29-32-23(20)25(36)30-16-6-8-34(9-7-16)40(37,38)17-4-5-21(28-14-17)33-10-12-39-13-11-33/h1-5,14-16H,6-13H2,(H,29,32)(H,30,36)(H,31,35). The van der Waals surface area contributed by atoms with E-state index in [1.807, 2.05) is 0 Å². The van der Waals surface area contributed by atoms with Crippen LogP contribution in [0.3, 0.4) is 0 Å². The number of benzene rings is 1. The number of aromatic nitrogens is 3. The summed E-state index contributed by atoms with van der Waals surface area (Å²) in [4.78, 5) is 32.2. The highest BCUT2D eigenvalue weighted by Crippen LogP contribution is 2.26. The van der Waals surface area contributed by atoms with Crippen molar-refractivity contribution < 1.29 is 22.7 Å². The molecule has 0 spiro atoms. The second kappa shape index (κ2) is 12.1. The smallest absolute Gasteiger partial charge is 0.271 e. The molecule has 2 aliphatic rings. The summed E-state index contributed by atoms with van der Waals surface area (Å²) in [5.74, 6) is -0.354. The number of sulfonamides is 1. The van der Waals surface area contributed by atoms with Crippen molar-refractivity contribution in [1.82, 2.24) is 24.8 Å². The number of morpholine rings is 1. The SMILES string of the molecule is O=C(NC1CCN(S(=O)(=O)c2ccc(N3CCOCC3)nc2)CC1)c1[nH]ncc1NC(=O)c1c(Cl)cccc1Cl. The Morgan fingerprint density at radius 3 is 2.33 bits per heavy atom. The number of carbonyl (C=O) groups is 2. The van der Waals surface area contributed by atoms with Gasteiger partial charge in [-0.2, -0.15) is 9.40 Å². The molecule has 0 aliphatic carbocycles. The van der Waals surface area contributed by atoms with Gasteiger partial charge in [-0.3, -0.25) is 14.7 Å². The van der Waals surface area contributed by atoms with Crippen LogP contribution in [-0.2, 0) is 14.8 Å². The van der Waals surface area contributed by atoms with Gasteiger partial charge in [-0.05, 0) is 37.1 Å². The molecule has 5 rings (SSSR count). The Kier molecular flexibility index (Phi) is 8.57. The average molecular weight is 609 g/mol. The van der Waals surface area contributed by atoms with Crippen LogP contribution in [0.2, 0.25) is 10.0 Å². The van der Waals surface area contributed by atoms with E-state index in [1.165, 1.54) is 28.8 Å². The maximum Gasteiger partial charge on any atom is 0.271 e. The molecular formula is C25H27Cl2N7O5S. The molecule has 3 aromatic rings. The van der Waals surface area contributed by atoms with E-state index in [4.69, 9.17) is 27.9 Å². The van der Waals surface area contributed by atoms with E-state index in [-0.39, 0.29) is 51.0 Å². The lowest BCUT2D eigenvalue weighted by atomic mass is 10.1. The Labute approximate surface area is 241 Å². The second-order valence-electron chi connectivity index (χ2n) is 9.31. The van der Waals surface area contributed by atoms with E-state index in [1.54, 1.807) is 18.2 Å². The number of amides is 2. The molecule has 12 nitrogen and oxygen atoms in total. The van der Waals surface area contributed by atoms with Gasteiger partial charge in [0.1, 0.15) is 16.4 Å². The van der Waals surface area contributed by atoms with Crippen molar-refractivity contribution in [3.8, 4) is 0 Å². The third-order valence-electron chi connectivity index (χ3n) is 6.79. The third-order valence-corrected chi connectivity index (χ3v) is 9.30. The van der Waals surface area contributed by atoms with Crippen molar-refractivity contribution in [3.05, 3.63) is 64.0 Å². The maximum absolute atomic E-state index is 13.2. The zero-order valence-corrected chi connectivity index (χ0v) is 23.6. The number of pyridine rings is 1. The summed E-state index contributed by atoms with van der Waals surface area (Å²) in [5.41, 5.74) is 0.294. The molecule has 0 atom stereocenters. The number of nitrogens with one attached hydrogen (secondary N) is 3. The molecule has 1 aromatic carbocycles. The largest absolute Gasteiger partial charge is 0.378 e. The van der Waals surface area contributed by atoms with Crippen LogP contribution in [0.4, 0.5) is 11.5 Å². The predicted octanol–water partition coefficient (Wildman–Crippen LogP) is 2.78. The molecule has 0 saturated carbocycles. The summed E-state index contributed by atoms with van der Waals surface area (Å²) < 4.78 is 33.1. The molecule has 0 radical (unpaired) electrons. The Bertz CT molecular complexity index is 1470. The van der Waals surface area contributed by atoms with Crippen molar-refractivity contribution >= 4 is 56.5 Å². The van der Waals surface area contributed by atoms with Crippen LogP contribution >= 0.6 is 23.2 Å². The first kappa shape index (κ1) is 28.3.